The molecule has 0 N–H and O–H groups in total. The van der Waals surface area contributed by atoms with Crippen LogP contribution in [0.25, 0.3) is 0 Å². The molecule has 2 rings (SSSR count). The molecule has 2 aromatic carbocycles. The molecule has 0 bridgehead atoms. The third kappa shape index (κ3) is 3.52. The molecular formula is C17H16O2S. The summed E-state index contributed by atoms with van der Waals surface area (Å²) in [6.07, 6.45) is 1.16. The number of benzene rings is 2. The van der Waals surface area contributed by atoms with E-state index in [1.165, 1.54) is 0 Å². The van der Waals surface area contributed by atoms with Gasteiger partial charge in [-0.2, -0.15) is 0 Å². The molecular weight excluding hydrogens is 268 g/mol. The molecule has 102 valence electrons. The van der Waals surface area contributed by atoms with Crippen molar-refractivity contribution in [1.82, 2.24) is 0 Å². The largest absolute Gasteiger partial charge is 0.497 e. The van der Waals surface area contributed by atoms with E-state index in [2.05, 4.69) is 0 Å². The van der Waals surface area contributed by atoms with E-state index in [-0.39, 0.29) is 5.78 Å². The van der Waals surface area contributed by atoms with Crippen molar-refractivity contribution < 1.29 is 9.53 Å². The summed E-state index contributed by atoms with van der Waals surface area (Å²) in [4.78, 5) is 12.3. The molecule has 0 saturated carbocycles. The third-order valence-corrected chi connectivity index (χ3v) is 3.42. The molecule has 0 aliphatic rings. The topological polar surface area (TPSA) is 26.3 Å². The Labute approximate surface area is 124 Å². The lowest BCUT2D eigenvalue weighted by Crippen LogP contribution is -2.04. The second-order valence-corrected chi connectivity index (χ2v) is 4.72. The minimum Gasteiger partial charge on any atom is -0.497 e. The van der Waals surface area contributed by atoms with Gasteiger partial charge in [-0.25, -0.2) is 0 Å². The summed E-state index contributed by atoms with van der Waals surface area (Å²) in [6.45, 7) is 0. The number of aryl methyl sites for hydroxylation is 1. The Hall–Kier alpha value is -2.00. The minimum atomic E-state index is 0.115. The number of carbonyl (C=O) groups is 1. The first-order valence-corrected chi connectivity index (χ1v) is 6.92. The zero-order chi connectivity index (χ0) is 14.4. The monoisotopic (exact) mass is 284 g/mol. The van der Waals surface area contributed by atoms with Crippen molar-refractivity contribution in [3.8, 4) is 5.75 Å². The number of ether oxygens (including phenoxy) is 1. The van der Waals surface area contributed by atoms with E-state index in [9.17, 15) is 4.79 Å². The van der Waals surface area contributed by atoms with Crippen molar-refractivity contribution in [1.29, 1.82) is 0 Å². The van der Waals surface area contributed by atoms with Crippen LogP contribution in [0.1, 0.15) is 27.9 Å². The summed E-state index contributed by atoms with van der Waals surface area (Å²) in [7, 11) is 1.64. The van der Waals surface area contributed by atoms with Crippen molar-refractivity contribution >= 4 is 23.4 Å². The number of carbonyl (C=O) groups excluding carboxylic acids is 1. The average molecular weight is 284 g/mol. The summed E-state index contributed by atoms with van der Waals surface area (Å²) in [5.74, 6) is 0.929. The van der Waals surface area contributed by atoms with Crippen molar-refractivity contribution in [3.63, 3.8) is 0 Å². The van der Waals surface area contributed by atoms with Crippen LogP contribution in [-0.2, 0) is 6.42 Å². The van der Waals surface area contributed by atoms with E-state index in [1.807, 2.05) is 48.5 Å². The number of rotatable bonds is 6. The quantitative estimate of drug-likeness (QED) is 0.595. The van der Waals surface area contributed by atoms with Crippen molar-refractivity contribution in [2.45, 2.75) is 12.8 Å². The Morgan fingerprint density at radius 2 is 2.00 bits per heavy atom. The van der Waals surface area contributed by atoms with Gasteiger partial charge >= 0.3 is 0 Å². The van der Waals surface area contributed by atoms with Crippen LogP contribution in [0.15, 0.2) is 48.5 Å². The Kier molecular flexibility index (Phi) is 5.02. The first-order chi connectivity index (χ1) is 9.74. The van der Waals surface area contributed by atoms with E-state index in [4.69, 9.17) is 17.0 Å². The van der Waals surface area contributed by atoms with Gasteiger partial charge in [0.25, 0.3) is 0 Å². The molecule has 0 radical (unpaired) electrons. The molecule has 0 aliphatic carbocycles. The molecule has 0 spiro atoms. The number of thiocarbonyl (C=S) groups is 1. The van der Waals surface area contributed by atoms with Gasteiger partial charge in [0.2, 0.25) is 0 Å². The normalized spacial score (nSPS) is 10.1. The lowest BCUT2D eigenvalue weighted by atomic mass is 9.99. The smallest absolute Gasteiger partial charge is 0.163 e. The number of Topliss-reactive ketones (excluding diaryl/α,β-unsaturated/α-hetero) is 1. The molecule has 0 atom stereocenters. The fourth-order valence-electron chi connectivity index (χ4n) is 2.07. The molecule has 0 fully saturated rings. The molecule has 0 saturated heterocycles. The fourth-order valence-corrected chi connectivity index (χ4v) is 2.28. The maximum atomic E-state index is 12.3. The Morgan fingerprint density at radius 3 is 2.75 bits per heavy atom. The van der Waals surface area contributed by atoms with Crippen LogP contribution in [0.4, 0.5) is 0 Å². The molecule has 0 heterocycles. The number of ketones is 1. The summed E-state index contributed by atoms with van der Waals surface area (Å²) in [5, 5.41) is 1.55. The van der Waals surface area contributed by atoms with Gasteiger partial charge in [-0.3, -0.25) is 4.79 Å². The minimum absolute atomic E-state index is 0.115. The highest BCUT2D eigenvalue weighted by atomic mass is 32.1. The van der Waals surface area contributed by atoms with E-state index < -0.39 is 0 Å². The van der Waals surface area contributed by atoms with E-state index >= 15 is 0 Å². The standard InChI is InChI=1S/C17H16O2S/c1-19-15-7-4-5-13(11-15)9-10-17(18)16-8-3-2-6-14(16)12-20/h2-8,11-12H,9-10H2,1H3. The Bertz CT molecular complexity index is 620. The van der Waals surface area contributed by atoms with Gasteiger partial charge in [0.15, 0.2) is 5.78 Å². The van der Waals surface area contributed by atoms with Crippen LogP contribution in [0.3, 0.4) is 0 Å². The molecule has 2 aromatic rings. The number of hydrogen-bond acceptors (Lipinski definition) is 3. The van der Waals surface area contributed by atoms with E-state index in [0.717, 1.165) is 16.9 Å². The maximum absolute atomic E-state index is 12.3. The zero-order valence-electron chi connectivity index (χ0n) is 11.3. The second kappa shape index (κ2) is 6.96. The van der Waals surface area contributed by atoms with Gasteiger partial charge in [-0.1, -0.05) is 48.6 Å². The molecule has 20 heavy (non-hydrogen) atoms. The van der Waals surface area contributed by atoms with Crippen molar-refractivity contribution in [3.05, 3.63) is 65.2 Å². The van der Waals surface area contributed by atoms with Crippen molar-refractivity contribution in [2.75, 3.05) is 7.11 Å². The van der Waals surface area contributed by atoms with Crippen LogP contribution in [0.5, 0.6) is 5.75 Å². The Morgan fingerprint density at radius 1 is 1.20 bits per heavy atom. The molecule has 0 aromatic heterocycles. The van der Waals surface area contributed by atoms with Gasteiger partial charge in [0.05, 0.1) is 7.11 Å². The summed E-state index contributed by atoms with van der Waals surface area (Å²) >= 11 is 4.94. The van der Waals surface area contributed by atoms with Gasteiger partial charge in [0, 0.05) is 17.4 Å². The lowest BCUT2D eigenvalue weighted by molar-refractivity contribution is 0.0982. The van der Waals surface area contributed by atoms with Crippen LogP contribution in [0.2, 0.25) is 0 Å². The van der Waals surface area contributed by atoms with E-state index in [0.29, 0.717) is 18.4 Å². The predicted molar refractivity (Wildman–Crippen MR) is 84.8 cm³/mol. The third-order valence-electron chi connectivity index (χ3n) is 3.16. The highest BCUT2D eigenvalue weighted by Crippen LogP contribution is 2.16. The lowest BCUT2D eigenvalue weighted by Gasteiger charge is -2.06. The van der Waals surface area contributed by atoms with Crippen LogP contribution in [0, 0.1) is 0 Å². The highest BCUT2D eigenvalue weighted by molar-refractivity contribution is 7.79. The van der Waals surface area contributed by atoms with E-state index in [1.54, 1.807) is 12.5 Å². The molecule has 0 amide bonds. The maximum Gasteiger partial charge on any atom is 0.163 e. The molecule has 0 unspecified atom stereocenters. The number of methoxy groups -OCH3 is 1. The molecule has 2 nitrogen and oxygen atoms in total. The summed E-state index contributed by atoms with van der Waals surface area (Å²) < 4.78 is 5.18. The molecule has 0 aliphatic heterocycles. The van der Waals surface area contributed by atoms with Gasteiger partial charge < -0.3 is 4.74 Å². The SMILES string of the molecule is COc1cccc(CCC(=O)c2ccccc2C=S)c1. The first-order valence-electron chi connectivity index (χ1n) is 6.45. The van der Waals surface area contributed by atoms with Gasteiger partial charge in [0.1, 0.15) is 5.75 Å². The summed E-state index contributed by atoms with van der Waals surface area (Å²) in [6, 6.07) is 15.2. The van der Waals surface area contributed by atoms with Crippen LogP contribution >= 0.6 is 12.2 Å². The predicted octanol–water partition coefficient (Wildman–Crippen LogP) is 3.86. The second-order valence-electron chi connectivity index (χ2n) is 4.48. The molecule has 3 heteroatoms. The van der Waals surface area contributed by atoms with Crippen molar-refractivity contribution in [2.24, 2.45) is 0 Å². The first kappa shape index (κ1) is 14.4. The van der Waals surface area contributed by atoms with Gasteiger partial charge in [-0.05, 0) is 29.7 Å². The number of hydrogen-bond donors (Lipinski definition) is 0. The van der Waals surface area contributed by atoms with Crippen LogP contribution < -0.4 is 4.74 Å². The van der Waals surface area contributed by atoms with Gasteiger partial charge in [-0.15, -0.1) is 0 Å². The summed E-state index contributed by atoms with van der Waals surface area (Å²) in [5.41, 5.74) is 2.61. The highest BCUT2D eigenvalue weighted by Gasteiger charge is 2.09. The average Bonchev–Trinajstić information content (AvgIpc) is 2.52. The van der Waals surface area contributed by atoms with Crippen LogP contribution in [-0.4, -0.2) is 18.3 Å². The Balaban J connectivity index is 2.06. The zero-order valence-corrected chi connectivity index (χ0v) is 12.2. The fraction of sp³-hybridized carbons (Fsp3) is 0.176.